The molecular weight excluding hydrogens is 340 g/mol. The van der Waals surface area contributed by atoms with Crippen LogP contribution in [0.4, 0.5) is 9.59 Å². The van der Waals surface area contributed by atoms with E-state index in [4.69, 9.17) is 9.47 Å². The number of likely N-dealkylation sites (tertiary alicyclic amines) is 1. The van der Waals surface area contributed by atoms with Crippen molar-refractivity contribution in [2.75, 3.05) is 13.1 Å². The number of nitrogens with one attached hydrogen (secondary N) is 1. The molecule has 1 aliphatic heterocycles. The van der Waals surface area contributed by atoms with E-state index in [2.05, 4.69) is 5.32 Å². The van der Waals surface area contributed by atoms with Gasteiger partial charge in [0.25, 0.3) is 0 Å². The topological polar surface area (TPSA) is 105 Å². The minimum atomic E-state index is -1.12. The number of ether oxygens (including phenoxy) is 2. The summed E-state index contributed by atoms with van der Waals surface area (Å²) in [5, 5.41) is 11.8. The number of nitrogens with zero attached hydrogens (tertiary/aromatic N) is 1. The molecule has 0 aliphatic carbocycles. The lowest BCUT2D eigenvalue weighted by molar-refractivity contribution is -0.140. The molecule has 1 rings (SSSR count). The van der Waals surface area contributed by atoms with Gasteiger partial charge in [0, 0.05) is 13.1 Å². The van der Waals surface area contributed by atoms with Gasteiger partial charge >= 0.3 is 18.2 Å². The van der Waals surface area contributed by atoms with Crippen molar-refractivity contribution in [2.45, 2.75) is 78.0 Å². The van der Waals surface area contributed by atoms with Gasteiger partial charge in [-0.25, -0.2) is 14.4 Å². The maximum atomic E-state index is 12.2. The zero-order valence-electron chi connectivity index (χ0n) is 16.6. The van der Waals surface area contributed by atoms with Gasteiger partial charge in [0.05, 0.1) is 0 Å². The Balaban J connectivity index is 2.64. The SMILES string of the molecule is CC(C)(C)OC(=O)NC(CC1CCCN(C(=O)OC(C)(C)C)C1)C(=O)O. The van der Waals surface area contributed by atoms with Crippen molar-refractivity contribution < 1.29 is 29.0 Å². The zero-order valence-corrected chi connectivity index (χ0v) is 16.6. The highest BCUT2D eigenvalue weighted by molar-refractivity contribution is 5.80. The summed E-state index contributed by atoms with van der Waals surface area (Å²) < 4.78 is 10.5. The van der Waals surface area contributed by atoms with Crippen molar-refractivity contribution in [3.05, 3.63) is 0 Å². The molecule has 2 atom stereocenters. The van der Waals surface area contributed by atoms with Crippen LogP contribution in [0.2, 0.25) is 0 Å². The first-order valence-corrected chi connectivity index (χ1v) is 8.97. The number of rotatable bonds is 4. The Labute approximate surface area is 155 Å². The number of carboxylic acids is 1. The van der Waals surface area contributed by atoms with Crippen LogP contribution in [0.3, 0.4) is 0 Å². The Hall–Kier alpha value is -1.99. The number of carbonyl (C=O) groups excluding carboxylic acids is 2. The van der Waals surface area contributed by atoms with Gasteiger partial charge in [-0.15, -0.1) is 0 Å². The lowest BCUT2D eigenvalue weighted by Crippen LogP contribution is -2.47. The molecule has 2 amide bonds. The van der Waals surface area contributed by atoms with E-state index in [1.165, 1.54) is 0 Å². The summed E-state index contributed by atoms with van der Waals surface area (Å²) in [6.07, 6.45) is 0.634. The molecule has 0 aromatic carbocycles. The van der Waals surface area contributed by atoms with E-state index < -0.39 is 35.4 Å². The third-order valence-electron chi connectivity index (χ3n) is 3.73. The lowest BCUT2D eigenvalue weighted by atomic mass is 9.91. The first-order valence-electron chi connectivity index (χ1n) is 8.97. The monoisotopic (exact) mass is 372 g/mol. The number of alkyl carbamates (subject to hydrolysis) is 1. The van der Waals surface area contributed by atoms with E-state index in [9.17, 15) is 19.5 Å². The summed E-state index contributed by atoms with van der Waals surface area (Å²) in [5.74, 6) is -1.16. The number of carbonyl (C=O) groups is 3. The predicted octanol–water partition coefficient (Wildman–Crippen LogP) is 3.00. The van der Waals surface area contributed by atoms with Crippen LogP contribution in [0.5, 0.6) is 0 Å². The molecule has 0 spiro atoms. The van der Waals surface area contributed by atoms with Gasteiger partial charge in [-0.3, -0.25) is 0 Å². The van der Waals surface area contributed by atoms with E-state index >= 15 is 0 Å². The van der Waals surface area contributed by atoms with Gasteiger partial charge in [-0.05, 0) is 66.7 Å². The molecular formula is C18H32N2O6. The van der Waals surface area contributed by atoms with E-state index in [1.54, 1.807) is 46.4 Å². The summed E-state index contributed by atoms with van der Waals surface area (Å²) in [5.41, 5.74) is -1.28. The fourth-order valence-corrected chi connectivity index (χ4v) is 2.75. The van der Waals surface area contributed by atoms with Crippen LogP contribution in [-0.2, 0) is 14.3 Å². The summed E-state index contributed by atoms with van der Waals surface area (Å²) in [6.45, 7) is 11.5. The van der Waals surface area contributed by atoms with Crippen molar-refractivity contribution in [2.24, 2.45) is 5.92 Å². The molecule has 1 fully saturated rings. The fraction of sp³-hybridized carbons (Fsp3) is 0.833. The Morgan fingerprint density at radius 2 is 1.69 bits per heavy atom. The van der Waals surface area contributed by atoms with Crippen molar-refractivity contribution in [3.8, 4) is 0 Å². The minimum absolute atomic E-state index is 0.0349. The maximum absolute atomic E-state index is 12.2. The van der Waals surface area contributed by atoms with Gasteiger partial charge in [-0.1, -0.05) is 0 Å². The van der Waals surface area contributed by atoms with Crippen LogP contribution in [0.25, 0.3) is 0 Å². The second-order valence-corrected chi connectivity index (χ2v) is 8.71. The summed E-state index contributed by atoms with van der Waals surface area (Å²) in [7, 11) is 0. The second kappa shape index (κ2) is 8.60. The third kappa shape index (κ3) is 8.40. The van der Waals surface area contributed by atoms with Crippen molar-refractivity contribution in [1.82, 2.24) is 10.2 Å². The van der Waals surface area contributed by atoms with Crippen LogP contribution in [0.1, 0.15) is 60.8 Å². The van der Waals surface area contributed by atoms with Gasteiger partial charge < -0.3 is 24.8 Å². The molecule has 0 aromatic heterocycles. The molecule has 26 heavy (non-hydrogen) atoms. The minimum Gasteiger partial charge on any atom is -0.480 e. The van der Waals surface area contributed by atoms with Crippen LogP contribution < -0.4 is 5.32 Å². The van der Waals surface area contributed by atoms with Crippen LogP contribution in [-0.4, -0.2) is 58.5 Å². The largest absolute Gasteiger partial charge is 0.480 e. The molecule has 1 saturated heterocycles. The number of amides is 2. The summed E-state index contributed by atoms with van der Waals surface area (Å²) >= 11 is 0. The quantitative estimate of drug-likeness (QED) is 0.786. The van der Waals surface area contributed by atoms with E-state index in [0.29, 0.717) is 13.1 Å². The van der Waals surface area contributed by atoms with Crippen molar-refractivity contribution >= 4 is 18.2 Å². The standard InChI is InChI=1S/C18H32N2O6/c1-17(2,3)25-15(23)19-13(14(21)22)10-12-8-7-9-20(11-12)16(24)26-18(4,5)6/h12-13H,7-11H2,1-6H3,(H,19,23)(H,21,22). The van der Waals surface area contributed by atoms with Crippen LogP contribution in [0, 0.1) is 5.92 Å². The molecule has 1 heterocycles. The van der Waals surface area contributed by atoms with Gasteiger partial charge in [0.2, 0.25) is 0 Å². The first kappa shape index (κ1) is 22.1. The predicted molar refractivity (Wildman–Crippen MR) is 95.9 cm³/mol. The van der Waals surface area contributed by atoms with E-state index in [1.807, 2.05) is 0 Å². The maximum Gasteiger partial charge on any atom is 0.410 e. The second-order valence-electron chi connectivity index (χ2n) is 8.71. The van der Waals surface area contributed by atoms with Gasteiger partial charge in [-0.2, -0.15) is 0 Å². The van der Waals surface area contributed by atoms with Gasteiger partial charge in [0.15, 0.2) is 0 Å². The fourth-order valence-electron chi connectivity index (χ4n) is 2.75. The summed E-state index contributed by atoms with van der Waals surface area (Å²) in [4.78, 5) is 37.2. The molecule has 150 valence electrons. The van der Waals surface area contributed by atoms with Gasteiger partial charge in [0.1, 0.15) is 17.2 Å². The van der Waals surface area contributed by atoms with Crippen LogP contribution in [0.15, 0.2) is 0 Å². The zero-order chi connectivity index (χ0) is 20.1. The molecule has 8 nitrogen and oxygen atoms in total. The van der Waals surface area contributed by atoms with Crippen molar-refractivity contribution in [1.29, 1.82) is 0 Å². The molecule has 2 N–H and O–H groups in total. The smallest absolute Gasteiger partial charge is 0.410 e. The number of piperidine rings is 1. The molecule has 0 radical (unpaired) electrons. The molecule has 2 unspecified atom stereocenters. The number of aliphatic carboxylic acids is 1. The third-order valence-corrected chi connectivity index (χ3v) is 3.73. The molecule has 0 aromatic rings. The molecule has 8 heteroatoms. The normalized spacial score (nSPS) is 19.5. The van der Waals surface area contributed by atoms with E-state index in [0.717, 1.165) is 12.8 Å². The highest BCUT2D eigenvalue weighted by atomic mass is 16.6. The average molecular weight is 372 g/mol. The highest BCUT2D eigenvalue weighted by Gasteiger charge is 2.32. The van der Waals surface area contributed by atoms with Crippen LogP contribution >= 0.6 is 0 Å². The van der Waals surface area contributed by atoms with E-state index in [-0.39, 0.29) is 12.3 Å². The molecule has 1 aliphatic rings. The Morgan fingerprint density at radius 3 is 2.19 bits per heavy atom. The first-order chi connectivity index (χ1) is 11.8. The summed E-state index contributed by atoms with van der Waals surface area (Å²) in [6, 6.07) is -1.06. The Kier molecular flexibility index (Phi) is 7.29. The average Bonchev–Trinajstić information content (AvgIpc) is 2.43. The number of hydrogen-bond donors (Lipinski definition) is 2. The number of hydrogen-bond acceptors (Lipinski definition) is 5. The Bertz CT molecular complexity index is 521. The van der Waals surface area contributed by atoms with Crippen molar-refractivity contribution in [3.63, 3.8) is 0 Å². The molecule has 0 bridgehead atoms. The highest BCUT2D eigenvalue weighted by Crippen LogP contribution is 2.23. The Morgan fingerprint density at radius 1 is 1.12 bits per heavy atom. The lowest BCUT2D eigenvalue weighted by Gasteiger charge is -2.35. The molecule has 0 saturated carbocycles. The number of carboxylic acid groups (broad SMARTS) is 1.